The van der Waals surface area contributed by atoms with E-state index in [0.717, 1.165) is 43.9 Å². The molecule has 2 unspecified atom stereocenters. The second-order valence-electron chi connectivity index (χ2n) is 5.79. The van der Waals surface area contributed by atoms with Crippen molar-refractivity contribution in [3.05, 3.63) is 34.6 Å². The topological polar surface area (TPSA) is 36.9 Å². The number of halogens is 1. The Morgan fingerprint density at radius 2 is 2.33 bits per heavy atom. The molecular weight excluding hydrogens is 269 g/mol. The highest BCUT2D eigenvalue weighted by Gasteiger charge is 2.32. The van der Waals surface area contributed by atoms with E-state index in [0.29, 0.717) is 11.6 Å². The van der Waals surface area contributed by atoms with Crippen molar-refractivity contribution in [2.75, 3.05) is 39.8 Å². The first kappa shape index (κ1) is 14.6. The lowest BCUT2D eigenvalue weighted by Gasteiger charge is -2.43. The van der Waals surface area contributed by atoms with Gasteiger partial charge in [-0.2, -0.15) is 0 Å². The van der Waals surface area contributed by atoms with E-state index in [2.05, 4.69) is 15.2 Å². The average Bonchev–Trinajstić information content (AvgIpc) is 2.49. The maximum Gasteiger partial charge on any atom is 0.132 e. The lowest BCUT2D eigenvalue weighted by molar-refractivity contribution is -0.0720. The van der Waals surface area contributed by atoms with Gasteiger partial charge in [-0.05, 0) is 30.2 Å². The number of piperazine rings is 1. The summed E-state index contributed by atoms with van der Waals surface area (Å²) in [5, 5.41) is 3.39. The molecule has 0 saturated carbocycles. The molecule has 2 aliphatic rings. The minimum atomic E-state index is -0.224. The number of hydrogen-bond acceptors (Lipinski definition) is 4. The Labute approximate surface area is 125 Å². The van der Waals surface area contributed by atoms with Gasteiger partial charge in [0.05, 0.1) is 12.7 Å². The second-order valence-corrected chi connectivity index (χ2v) is 5.79. The molecule has 0 aromatic heterocycles. The minimum Gasteiger partial charge on any atom is -0.370 e. The summed E-state index contributed by atoms with van der Waals surface area (Å²) in [5.74, 6) is -0.224. The van der Waals surface area contributed by atoms with Gasteiger partial charge in [-0.3, -0.25) is 9.89 Å². The first-order valence-electron chi connectivity index (χ1n) is 7.47. The SMILES string of the molecule is CN=Cc1cc(C2CN3CCNCC3CO2)c(C)cc1F. The molecule has 4 nitrogen and oxygen atoms in total. The zero-order valence-corrected chi connectivity index (χ0v) is 12.6. The van der Waals surface area contributed by atoms with E-state index in [9.17, 15) is 4.39 Å². The van der Waals surface area contributed by atoms with Gasteiger partial charge in [-0.1, -0.05) is 0 Å². The molecule has 1 aromatic rings. The molecule has 0 bridgehead atoms. The van der Waals surface area contributed by atoms with Crippen molar-refractivity contribution < 1.29 is 9.13 Å². The number of nitrogens with zero attached hydrogens (tertiary/aromatic N) is 2. The summed E-state index contributed by atoms with van der Waals surface area (Å²) in [6.07, 6.45) is 1.58. The summed E-state index contributed by atoms with van der Waals surface area (Å²) < 4.78 is 19.9. The lowest BCUT2D eigenvalue weighted by atomic mass is 9.97. The molecule has 0 aliphatic carbocycles. The van der Waals surface area contributed by atoms with Crippen LogP contribution >= 0.6 is 0 Å². The molecule has 3 rings (SSSR count). The van der Waals surface area contributed by atoms with Gasteiger partial charge in [0, 0.05) is 51.0 Å². The van der Waals surface area contributed by atoms with E-state index in [4.69, 9.17) is 4.74 Å². The van der Waals surface area contributed by atoms with E-state index in [1.54, 1.807) is 19.3 Å². The van der Waals surface area contributed by atoms with Gasteiger partial charge in [0.15, 0.2) is 0 Å². The number of morpholine rings is 1. The lowest BCUT2D eigenvalue weighted by Crippen LogP contribution is -2.57. The van der Waals surface area contributed by atoms with E-state index in [1.807, 2.05) is 13.0 Å². The molecule has 1 N–H and O–H groups in total. The van der Waals surface area contributed by atoms with Crippen LogP contribution < -0.4 is 5.32 Å². The first-order chi connectivity index (χ1) is 10.2. The predicted molar refractivity (Wildman–Crippen MR) is 81.6 cm³/mol. The maximum absolute atomic E-state index is 13.9. The van der Waals surface area contributed by atoms with Crippen LogP contribution in [0.25, 0.3) is 0 Å². The van der Waals surface area contributed by atoms with Crippen LogP contribution in [0.1, 0.15) is 22.8 Å². The van der Waals surface area contributed by atoms with Crippen LogP contribution in [-0.4, -0.2) is 57.0 Å². The standard InChI is InChI=1S/C16H22FN3O/c1-11-5-15(17)12(7-18-2)6-14(11)16-9-20-4-3-19-8-13(20)10-21-16/h5-7,13,16,19H,3-4,8-10H2,1-2H3. The van der Waals surface area contributed by atoms with E-state index < -0.39 is 0 Å². The second kappa shape index (κ2) is 6.22. The fourth-order valence-corrected chi connectivity index (χ4v) is 3.18. The van der Waals surface area contributed by atoms with E-state index >= 15 is 0 Å². The molecule has 0 radical (unpaired) electrons. The fourth-order valence-electron chi connectivity index (χ4n) is 3.18. The molecule has 21 heavy (non-hydrogen) atoms. The number of ether oxygens (including phenoxy) is 1. The van der Waals surface area contributed by atoms with E-state index in [-0.39, 0.29) is 11.9 Å². The smallest absolute Gasteiger partial charge is 0.132 e. The fraction of sp³-hybridized carbons (Fsp3) is 0.562. The van der Waals surface area contributed by atoms with Gasteiger partial charge >= 0.3 is 0 Å². The number of fused-ring (bicyclic) bond motifs is 1. The molecule has 2 aliphatic heterocycles. The first-order valence-corrected chi connectivity index (χ1v) is 7.47. The van der Waals surface area contributed by atoms with Crippen molar-refractivity contribution >= 4 is 6.21 Å². The largest absolute Gasteiger partial charge is 0.370 e. The number of rotatable bonds is 2. The third-order valence-electron chi connectivity index (χ3n) is 4.36. The Bertz CT molecular complexity index is 547. The minimum absolute atomic E-state index is 0.0176. The van der Waals surface area contributed by atoms with Crippen LogP contribution in [0.2, 0.25) is 0 Å². The van der Waals surface area contributed by atoms with E-state index in [1.165, 1.54) is 0 Å². The van der Waals surface area contributed by atoms with Crippen molar-refractivity contribution in [1.29, 1.82) is 0 Å². The van der Waals surface area contributed by atoms with Gasteiger partial charge < -0.3 is 10.1 Å². The monoisotopic (exact) mass is 291 g/mol. The predicted octanol–water partition coefficient (Wildman–Crippen LogP) is 1.53. The number of aryl methyl sites for hydroxylation is 1. The molecule has 2 fully saturated rings. The number of benzene rings is 1. The van der Waals surface area contributed by atoms with Gasteiger partial charge in [0.25, 0.3) is 0 Å². The Morgan fingerprint density at radius 3 is 3.14 bits per heavy atom. The molecule has 5 heteroatoms. The molecule has 0 amide bonds. The number of aliphatic imine (C=N–C) groups is 1. The molecule has 0 spiro atoms. The highest BCUT2D eigenvalue weighted by molar-refractivity contribution is 5.80. The van der Waals surface area contributed by atoms with Crippen LogP contribution in [-0.2, 0) is 4.74 Å². The summed E-state index contributed by atoms with van der Waals surface area (Å²) in [6.45, 7) is 6.61. The van der Waals surface area contributed by atoms with Crippen LogP contribution in [0.15, 0.2) is 17.1 Å². The number of nitrogens with one attached hydrogen (secondary N) is 1. The highest BCUT2D eigenvalue weighted by atomic mass is 19.1. The Balaban J connectivity index is 1.84. The van der Waals surface area contributed by atoms with Gasteiger partial charge in [-0.25, -0.2) is 4.39 Å². The maximum atomic E-state index is 13.9. The Morgan fingerprint density at radius 1 is 1.48 bits per heavy atom. The van der Waals surface area contributed by atoms with Crippen LogP contribution in [0.3, 0.4) is 0 Å². The van der Waals surface area contributed by atoms with Gasteiger partial charge in [-0.15, -0.1) is 0 Å². The molecule has 114 valence electrons. The van der Waals surface area contributed by atoms with Crippen LogP contribution in [0.4, 0.5) is 4.39 Å². The van der Waals surface area contributed by atoms with Crippen molar-refractivity contribution in [1.82, 2.24) is 10.2 Å². The molecular formula is C16H22FN3O. The molecule has 2 heterocycles. The molecule has 2 atom stereocenters. The average molecular weight is 291 g/mol. The summed E-state index contributed by atoms with van der Waals surface area (Å²) in [5.41, 5.74) is 2.55. The molecule has 2 saturated heterocycles. The highest BCUT2D eigenvalue weighted by Crippen LogP contribution is 2.29. The summed E-state index contributed by atoms with van der Waals surface area (Å²) >= 11 is 0. The zero-order valence-electron chi connectivity index (χ0n) is 12.6. The van der Waals surface area contributed by atoms with Crippen molar-refractivity contribution in [3.8, 4) is 0 Å². The Kier molecular flexibility index (Phi) is 4.33. The van der Waals surface area contributed by atoms with Crippen LogP contribution in [0, 0.1) is 12.7 Å². The quantitative estimate of drug-likeness (QED) is 0.840. The van der Waals surface area contributed by atoms with Gasteiger partial charge in [0.1, 0.15) is 5.82 Å². The summed E-state index contributed by atoms with van der Waals surface area (Å²) in [4.78, 5) is 6.40. The van der Waals surface area contributed by atoms with Gasteiger partial charge in [0.2, 0.25) is 0 Å². The summed E-state index contributed by atoms with van der Waals surface area (Å²) in [7, 11) is 1.65. The van der Waals surface area contributed by atoms with Crippen molar-refractivity contribution in [2.45, 2.75) is 19.1 Å². The van der Waals surface area contributed by atoms with Crippen molar-refractivity contribution in [3.63, 3.8) is 0 Å². The molecule has 1 aromatic carbocycles. The normalized spacial score (nSPS) is 27.0. The third-order valence-corrected chi connectivity index (χ3v) is 4.36. The van der Waals surface area contributed by atoms with Crippen LogP contribution in [0.5, 0.6) is 0 Å². The summed E-state index contributed by atoms with van der Waals surface area (Å²) in [6, 6.07) is 3.93. The van der Waals surface area contributed by atoms with Crippen molar-refractivity contribution in [2.24, 2.45) is 4.99 Å². The Hall–Kier alpha value is -1.30. The number of hydrogen-bond donors (Lipinski definition) is 1. The third kappa shape index (κ3) is 3.00. The zero-order chi connectivity index (χ0) is 14.8.